The van der Waals surface area contributed by atoms with Crippen molar-refractivity contribution < 1.29 is 39.2 Å². The number of aliphatic hydroxyl groups is 3. The molecule has 1 aromatic heterocycles. The van der Waals surface area contributed by atoms with Crippen molar-refractivity contribution in [1.82, 2.24) is 5.32 Å². The predicted octanol–water partition coefficient (Wildman–Crippen LogP) is 2.79. The molecule has 3 aliphatic carbocycles. The van der Waals surface area contributed by atoms with Crippen LogP contribution in [0.1, 0.15) is 55.3 Å². The van der Waals surface area contributed by atoms with Crippen LogP contribution in [0.5, 0.6) is 5.75 Å². The molecule has 0 spiro atoms. The summed E-state index contributed by atoms with van der Waals surface area (Å²) in [5.41, 5.74) is 2.93. The molecule has 3 atom stereocenters. The van der Waals surface area contributed by atoms with Gasteiger partial charge in [-0.1, -0.05) is 0 Å². The summed E-state index contributed by atoms with van der Waals surface area (Å²) >= 11 is 0. The normalized spacial score (nSPS) is 24.2. The molecule has 218 valence electrons. The molecular formula is C30H35N3O8. The van der Waals surface area contributed by atoms with Crippen molar-refractivity contribution in [2.75, 3.05) is 19.0 Å². The van der Waals surface area contributed by atoms with Crippen LogP contribution in [0.4, 0.5) is 5.69 Å². The van der Waals surface area contributed by atoms with Gasteiger partial charge in [-0.2, -0.15) is 0 Å². The number of hydrogen-bond acceptors (Lipinski definition) is 10. The van der Waals surface area contributed by atoms with Crippen molar-refractivity contribution in [3.8, 4) is 17.1 Å². The smallest absolute Gasteiger partial charge is 0.255 e. The van der Waals surface area contributed by atoms with Gasteiger partial charge < -0.3 is 40.8 Å². The number of phenols is 1. The minimum atomic E-state index is -2.61. The number of aromatic hydroxyl groups is 1. The van der Waals surface area contributed by atoms with E-state index in [1.54, 1.807) is 32.3 Å². The molecule has 0 radical (unpaired) electrons. The molecule has 3 aliphatic rings. The first-order valence-corrected chi connectivity index (χ1v) is 13.4. The van der Waals surface area contributed by atoms with Gasteiger partial charge in [-0.3, -0.25) is 14.4 Å². The van der Waals surface area contributed by atoms with E-state index in [2.05, 4.69) is 5.32 Å². The van der Waals surface area contributed by atoms with E-state index in [0.29, 0.717) is 29.3 Å². The number of carbonyl (C=O) groups excluding carboxylic acids is 3. The molecule has 5 rings (SSSR count). The fraction of sp³-hybridized carbons (Fsp3) is 0.433. The maximum atomic E-state index is 14.0. The number of amides is 1. The fourth-order valence-corrected chi connectivity index (χ4v) is 6.22. The summed E-state index contributed by atoms with van der Waals surface area (Å²) in [4.78, 5) is 40.9. The Kier molecular flexibility index (Phi) is 6.58. The number of aliphatic hydroxyl groups excluding tert-OH is 2. The minimum absolute atomic E-state index is 0.0615. The molecule has 0 saturated carbocycles. The van der Waals surface area contributed by atoms with Gasteiger partial charge in [-0.05, 0) is 63.3 Å². The molecule has 7 N–H and O–H groups in total. The largest absolute Gasteiger partial charge is 0.511 e. The van der Waals surface area contributed by atoms with E-state index >= 15 is 0 Å². The van der Waals surface area contributed by atoms with Crippen LogP contribution in [0.25, 0.3) is 11.3 Å². The molecule has 0 bridgehead atoms. The number of Topliss-reactive ketones (excluding diaryl/α,β-unsaturated/α-hetero) is 2. The third kappa shape index (κ3) is 4.40. The minimum Gasteiger partial charge on any atom is -0.511 e. The van der Waals surface area contributed by atoms with E-state index < -0.39 is 52.0 Å². The Bertz CT molecular complexity index is 1560. The Hall–Kier alpha value is -4.09. The van der Waals surface area contributed by atoms with Crippen LogP contribution in [0, 0.1) is 11.8 Å². The van der Waals surface area contributed by atoms with Gasteiger partial charge in [0, 0.05) is 43.2 Å². The number of ketones is 2. The lowest BCUT2D eigenvalue weighted by Crippen LogP contribution is -2.57. The number of rotatable bonds is 5. The lowest BCUT2D eigenvalue weighted by molar-refractivity contribution is -0.144. The number of allylic oxidation sites excluding steroid dienone is 2. The summed E-state index contributed by atoms with van der Waals surface area (Å²) in [6.07, 6.45) is 0.0142. The van der Waals surface area contributed by atoms with Gasteiger partial charge in [0.15, 0.2) is 11.4 Å². The molecule has 1 aromatic carbocycles. The number of primary amides is 1. The lowest BCUT2D eigenvalue weighted by Gasteiger charge is -2.45. The van der Waals surface area contributed by atoms with Gasteiger partial charge in [0.05, 0.1) is 17.7 Å². The third-order valence-corrected chi connectivity index (χ3v) is 8.24. The van der Waals surface area contributed by atoms with Crippen LogP contribution in [0.15, 0.2) is 45.3 Å². The predicted molar refractivity (Wildman–Crippen MR) is 149 cm³/mol. The van der Waals surface area contributed by atoms with Gasteiger partial charge >= 0.3 is 0 Å². The van der Waals surface area contributed by atoms with Crippen molar-refractivity contribution in [3.05, 3.63) is 57.8 Å². The SMILES string of the molecule is CN(C)c1cc(-c2ccc(CNC(C)(C)C)o2)c(O)c2c1C[C@H]1C[C@H]3CC(O)=C(C(N)=O)C(=O)[C@@]3(O)C(O)=C1C2=O. The summed E-state index contributed by atoms with van der Waals surface area (Å²) in [6.45, 7) is 6.52. The number of nitrogens with one attached hydrogen (secondary N) is 1. The van der Waals surface area contributed by atoms with E-state index in [0.717, 1.165) is 0 Å². The zero-order valence-corrected chi connectivity index (χ0v) is 23.7. The highest BCUT2D eigenvalue weighted by molar-refractivity contribution is 6.24. The molecule has 0 aliphatic heterocycles. The van der Waals surface area contributed by atoms with E-state index in [4.69, 9.17) is 10.2 Å². The molecule has 2 aromatic rings. The zero-order valence-electron chi connectivity index (χ0n) is 23.7. The van der Waals surface area contributed by atoms with Crippen LogP contribution >= 0.6 is 0 Å². The number of fused-ring (bicyclic) bond motifs is 3. The van der Waals surface area contributed by atoms with E-state index in [1.807, 2.05) is 25.7 Å². The Morgan fingerprint density at radius 1 is 1.17 bits per heavy atom. The number of nitrogens with two attached hydrogens (primary N) is 1. The molecule has 0 saturated heterocycles. The highest BCUT2D eigenvalue weighted by Crippen LogP contribution is 2.53. The van der Waals surface area contributed by atoms with Gasteiger partial charge in [0.25, 0.3) is 5.91 Å². The number of furan rings is 1. The van der Waals surface area contributed by atoms with Crippen LogP contribution < -0.4 is 16.0 Å². The van der Waals surface area contributed by atoms with Crippen LogP contribution in [0.3, 0.4) is 0 Å². The molecule has 1 amide bonds. The van der Waals surface area contributed by atoms with Crippen LogP contribution in [-0.4, -0.2) is 63.1 Å². The average molecular weight is 566 g/mol. The summed E-state index contributed by atoms with van der Waals surface area (Å²) in [7, 11) is 3.61. The van der Waals surface area contributed by atoms with E-state index in [9.17, 15) is 34.8 Å². The Morgan fingerprint density at radius 2 is 1.85 bits per heavy atom. The van der Waals surface area contributed by atoms with Crippen molar-refractivity contribution in [2.24, 2.45) is 17.6 Å². The second kappa shape index (κ2) is 9.49. The monoisotopic (exact) mass is 565 g/mol. The first-order valence-electron chi connectivity index (χ1n) is 13.4. The van der Waals surface area contributed by atoms with Crippen molar-refractivity contribution in [1.29, 1.82) is 0 Å². The van der Waals surface area contributed by atoms with Crippen LogP contribution in [0.2, 0.25) is 0 Å². The third-order valence-electron chi connectivity index (χ3n) is 8.24. The average Bonchev–Trinajstić information content (AvgIpc) is 3.33. The van der Waals surface area contributed by atoms with Gasteiger partial charge in [-0.25, -0.2) is 0 Å². The first kappa shape index (κ1) is 28.4. The zero-order chi connectivity index (χ0) is 30.2. The summed E-state index contributed by atoms with van der Waals surface area (Å²) in [5.74, 6) is -5.65. The number of phenolic OH excluding ortho intramolecular Hbond substituents is 1. The summed E-state index contributed by atoms with van der Waals surface area (Å²) in [5, 5.41) is 47.9. The quantitative estimate of drug-likeness (QED) is 0.294. The maximum Gasteiger partial charge on any atom is 0.255 e. The standard InChI is InChI=1S/C30H35N3O8/c1-29(2,3)32-12-15-6-7-20(41-15)17-11-18(33(4)5)16-9-13-8-14-10-19(34)23(28(31)39)27(38)30(14,40)26(37)21(13)25(36)22(16)24(17)35/h6-7,11,13-14,32,34-35,37,40H,8-10,12H2,1-5H3,(H2,31,39)/t13-,14+,30+/m1/s1. The number of carbonyl (C=O) groups is 3. The highest BCUT2D eigenvalue weighted by atomic mass is 16.4. The van der Waals surface area contributed by atoms with E-state index in [1.165, 1.54) is 0 Å². The van der Waals surface area contributed by atoms with Gasteiger partial charge in [-0.15, -0.1) is 0 Å². The Morgan fingerprint density at radius 3 is 2.46 bits per heavy atom. The fourth-order valence-electron chi connectivity index (χ4n) is 6.22. The highest BCUT2D eigenvalue weighted by Gasteiger charge is 2.59. The topological polar surface area (TPSA) is 187 Å². The maximum absolute atomic E-state index is 14.0. The first-order chi connectivity index (χ1) is 19.1. The van der Waals surface area contributed by atoms with Gasteiger partial charge in [0.1, 0.15) is 34.4 Å². The molecule has 0 unspecified atom stereocenters. The van der Waals surface area contributed by atoms with E-state index in [-0.39, 0.29) is 47.3 Å². The van der Waals surface area contributed by atoms with Gasteiger partial charge in [0.2, 0.25) is 5.78 Å². The molecular weight excluding hydrogens is 530 g/mol. The Labute approximate surface area is 236 Å². The summed E-state index contributed by atoms with van der Waals surface area (Å²) < 4.78 is 6.01. The second-order valence-corrected chi connectivity index (χ2v) is 12.3. The number of hydrogen-bond donors (Lipinski definition) is 6. The molecule has 11 heteroatoms. The summed E-state index contributed by atoms with van der Waals surface area (Å²) in [6, 6.07) is 5.22. The van der Waals surface area contributed by atoms with Crippen molar-refractivity contribution in [2.45, 2.75) is 57.7 Å². The number of nitrogens with zero attached hydrogens (tertiary/aromatic N) is 1. The lowest BCUT2D eigenvalue weighted by atomic mass is 9.60. The number of benzene rings is 1. The Balaban J connectivity index is 1.63. The molecule has 1 heterocycles. The molecule has 0 fully saturated rings. The second-order valence-electron chi connectivity index (χ2n) is 12.3. The van der Waals surface area contributed by atoms with Crippen molar-refractivity contribution in [3.63, 3.8) is 0 Å². The van der Waals surface area contributed by atoms with Crippen molar-refractivity contribution >= 4 is 23.2 Å². The molecule has 41 heavy (non-hydrogen) atoms. The van der Waals surface area contributed by atoms with Crippen LogP contribution in [-0.2, 0) is 22.6 Å². The number of anilines is 1. The molecule has 11 nitrogen and oxygen atoms in total.